The SMILES string of the molecule is Cc1nc(Cl)nc(N2CCN(C(C)(C)C)CC2)c1[N+](=O)[O-]. The van der Waals surface area contributed by atoms with Crippen molar-refractivity contribution in [3.63, 3.8) is 0 Å². The number of hydrogen-bond acceptors (Lipinski definition) is 6. The van der Waals surface area contributed by atoms with Crippen LogP contribution in [0.25, 0.3) is 0 Å². The van der Waals surface area contributed by atoms with Crippen molar-refractivity contribution in [3.05, 3.63) is 21.1 Å². The number of nitro groups is 1. The van der Waals surface area contributed by atoms with E-state index in [9.17, 15) is 10.1 Å². The third-order valence-corrected chi connectivity index (χ3v) is 3.89. The molecule has 0 N–H and O–H groups in total. The number of nitrogens with zero attached hydrogens (tertiary/aromatic N) is 5. The van der Waals surface area contributed by atoms with Crippen LogP contribution < -0.4 is 4.90 Å². The van der Waals surface area contributed by atoms with Crippen LogP contribution >= 0.6 is 11.6 Å². The largest absolute Gasteiger partial charge is 0.348 e. The van der Waals surface area contributed by atoms with Crippen LogP contribution in [0.4, 0.5) is 11.5 Å². The highest BCUT2D eigenvalue weighted by Gasteiger charge is 2.31. The highest BCUT2D eigenvalue weighted by molar-refractivity contribution is 6.28. The lowest BCUT2D eigenvalue weighted by molar-refractivity contribution is -0.385. The lowest BCUT2D eigenvalue weighted by Crippen LogP contribution is -2.53. The fraction of sp³-hybridized carbons (Fsp3) is 0.692. The fourth-order valence-corrected chi connectivity index (χ4v) is 2.75. The molecule has 8 heteroatoms. The number of halogens is 1. The van der Waals surface area contributed by atoms with E-state index in [1.54, 1.807) is 6.92 Å². The number of hydrogen-bond donors (Lipinski definition) is 0. The molecule has 1 aliphatic heterocycles. The van der Waals surface area contributed by atoms with Gasteiger partial charge in [-0.25, -0.2) is 4.98 Å². The van der Waals surface area contributed by atoms with Crippen molar-refractivity contribution >= 4 is 23.1 Å². The molecule has 116 valence electrons. The molecule has 1 aromatic heterocycles. The quantitative estimate of drug-likeness (QED) is 0.473. The van der Waals surface area contributed by atoms with Crippen molar-refractivity contribution in [2.24, 2.45) is 0 Å². The number of rotatable bonds is 2. The standard InChI is InChI=1S/C13H20ClN5O2/c1-9-10(19(20)21)11(16-12(14)15-9)17-5-7-18(8-6-17)13(2,3)4/h5-8H2,1-4H3. The Labute approximate surface area is 129 Å². The predicted octanol–water partition coefficient (Wildman–Crippen LogP) is 2.27. The average molecular weight is 314 g/mol. The highest BCUT2D eigenvalue weighted by Crippen LogP contribution is 2.31. The Bertz CT molecular complexity index is 550. The van der Waals surface area contributed by atoms with E-state index in [1.165, 1.54) is 0 Å². The van der Waals surface area contributed by atoms with Crippen molar-refractivity contribution in [2.75, 3.05) is 31.1 Å². The number of anilines is 1. The van der Waals surface area contributed by atoms with E-state index >= 15 is 0 Å². The van der Waals surface area contributed by atoms with Gasteiger partial charge in [-0.3, -0.25) is 15.0 Å². The maximum Gasteiger partial charge on any atom is 0.332 e. The van der Waals surface area contributed by atoms with E-state index in [1.807, 2.05) is 4.90 Å². The Kier molecular flexibility index (Phi) is 4.34. The minimum absolute atomic E-state index is 0.0475. The van der Waals surface area contributed by atoms with Crippen LogP contribution in [0.1, 0.15) is 26.5 Å². The van der Waals surface area contributed by atoms with Crippen molar-refractivity contribution in [1.29, 1.82) is 0 Å². The molecule has 7 nitrogen and oxygen atoms in total. The second-order valence-corrected chi connectivity index (χ2v) is 6.49. The minimum Gasteiger partial charge on any atom is -0.348 e. The van der Waals surface area contributed by atoms with Crippen LogP contribution in [0.2, 0.25) is 5.28 Å². The van der Waals surface area contributed by atoms with Crippen LogP contribution in [0, 0.1) is 17.0 Å². The van der Waals surface area contributed by atoms with Gasteiger partial charge in [0.15, 0.2) is 0 Å². The molecule has 0 atom stereocenters. The summed E-state index contributed by atoms with van der Waals surface area (Å²) in [4.78, 5) is 23.1. The van der Waals surface area contributed by atoms with Gasteiger partial charge in [-0.05, 0) is 39.3 Å². The molecule has 0 spiro atoms. The van der Waals surface area contributed by atoms with Crippen molar-refractivity contribution in [1.82, 2.24) is 14.9 Å². The van der Waals surface area contributed by atoms with E-state index in [4.69, 9.17) is 11.6 Å². The van der Waals surface area contributed by atoms with E-state index in [-0.39, 0.29) is 16.5 Å². The van der Waals surface area contributed by atoms with Crippen LogP contribution in [0.5, 0.6) is 0 Å². The maximum absolute atomic E-state index is 11.3. The lowest BCUT2D eigenvalue weighted by Gasteiger charge is -2.42. The van der Waals surface area contributed by atoms with Crippen molar-refractivity contribution < 1.29 is 4.92 Å². The van der Waals surface area contributed by atoms with Crippen LogP contribution in [-0.2, 0) is 0 Å². The first-order chi connectivity index (χ1) is 9.70. The summed E-state index contributed by atoms with van der Waals surface area (Å²) in [5.74, 6) is 0.325. The van der Waals surface area contributed by atoms with Crippen LogP contribution in [-0.4, -0.2) is 51.5 Å². The molecule has 2 heterocycles. The third kappa shape index (κ3) is 3.41. The van der Waals surface area contributed by atoms with E-state index in [0.29, 0.717) is 24.6 Å². The number of piperazine rings is 1. The zero-order valence-electron chi connectivity index (χ0n) is 12.8. The van der Waals surface area contributed by atoms with Gasteiger partial charge in [0, 0.05) is 31.7 Å². The normalized spacial score (nSPS) is 17.1. The Morgan fingerprint density at radius 3 is 2.24 bits per heavy atom. The topological polar surface area (TPSA) is 75.4 Å². The van der Waals surface area contributed by atoms with Gasteiger partial charge in [0.1, 0.15) is 5.69 Å². The molecule has 1 aliphatic rings. The van der Waals surface area contributed by atoms with Crippen molar-refractivity contribution in [3.8, 4) is 0 Å². The molecule has 1 saturated heterocycles. The van der Waals surface area contributed by atoms with Crippen LogP contribution in [0.15, 0.2) is 0 Å². The first kappa shape index (κ1) is 15.9. The molecular formula is C13H20ClN5O2. The van der Waals surface area contributed by atoms with Gasteiger partial charge >= 0.3 is 5.69 Å². The molecule has 0 saturated carbocycles. The third-order valence-electron chi connectivity index (χ3n) is 3.72. The van der Waals surface area contributed by atoms with Gasteiger partial charge in [-0.2, -0.15) is 4.98 Å². The van der Waals surface area contributed by atoms with E-state index in [0.717, 1.165) is 13.1 Å². The van der Waals surface area contributed by atoms with Crippen LogP contribution in [0.3, 0.4) is 0 Å². The molecule has 2 rings (SSSR count). The predicted molar refractivity (Wildman–Crippen MR) is 82.0 cm³/mol. The lowest BCUT2D eigenvalue weighted by atomic mass is 10.0. The van der Waals surface area contributed by atoms with Gasteiger partial charge in [-0.1, -0.05) is 0 Å². The molecule has 0 aliphatic carbocycles. The molecule has 1 aromatic rings. The van der Waals surface area contributed by atoms with Gasteiger partial charge in [0.05, 0.1) is 4.92 Å². The first-order valence-electron chi connectivity index (χ1n) is 6.88. The monoisotopic (exact) mass is 313 g/mol. The molecule has 0 unspecified atom stereocenters. The van der Waals surface area contributed by atoms with E-state index < -0.39 is 4.92 Å². The minimum atomic E-state index is -0.433. The van der Waals surface area contributed by atoms with E-state index in [2.05, 4.69) is 35.6 Å². The summed E-state index contributed by atoms with van der Waals surface area (Å²) in [7, 11) is 0. The molecule has 21 heavy (non-hydrogen) atoms. The van der Waals surface area contributed by atoms with Gasteiger partial charge in [0.2, 0.25) is 11.1 Å². The van der Waals surface area contributed by atoms with Gasteiger partial charge < -0.3 is 4.90 Å². The second kappa shape index (κ2) is 5.73. The average Bonchev–Trinajstić information content (AvgIpc) is 2.36. The molecule has 0 bridgehead atoms. The summed E-state index contributed by atoms with van der Waals surface area (Å²) in [6.45, 7) is 11.1. The zero-order valence-corrected chi connectivity index (χ0v) is 13.5. The summed E-state index contributed by atoms with van der Waals surface area (Å²) < 4.78 is 0. The maximum atomic E-state index is 11.3. The van der Waals surface area contributed by atoms with Gasteiger partial charge in [0.25, 0.3) is 0 Å². The smallest absolute Gasteiger partial charge is 0.332 e. The summed E-state index contributed by atoms with van der Waals surface area (Å²) in [6, 6.07) is 0. The second-order valence-electron chi connectivity index (χ2n) is 6.15. The molecular weight excluding hydrogens is 294 g/mol. The molecule has 1 fully saturated rings. The molecule has 0 radical (unpaired) electrons. The molecule has 0 amide bonds. The fourth-order valence-electron chi connectivity index (χ4n) is 2.54. The highest BCUT2D eigenvalue weighted by atomic mass is 35.5. The zero-order chi connectivity index (χ0) is 15.8. The van der Waals surface area contributed by atoms with Gasteiger partial charge in [-0.15, -0.1) is 0 Å². The number of aryl methyl sites for hydroxylation is 1. The molecule has 0 aromatic carbocycles. The summed E-state index contributed by atoms with van der Waals surface area (Å²) in [6.07, 6.45) is 0. The summed E-state index contributed by atoms with van der Waals surface area (Å²) in [5.41, 5.74) is 0.342. The Balaban J connectivity index is 2.26. The van der Waals surface area contributed by atoms with Crippen molar-refractivity contribution in [2.45, 2.75) is 33.2 Å². The Hall–Kier alpha value is -1.47. The number of aromatic nitrogens is 2. The Morgan fingerprint density at radius 2 is 1.76 bits per heavy atom. The first-order valence-corrected chi connectivity index (χ1v) is 7.26. The summed E-state index contributed by atoms with van der Waals surface area (Å²) >= 11 is 5.87. The Morgan fingerprint density at radius 1 is 1.19 bits per heavy atom. The summed E-state index contributed by atoms with van der Waals surface area (Å²) in [5, 5.41) is 11.3.